The van der Waals surface area contributed by atoms with Crippen molar-refractivity contribution in [1.82, 2.24) is 5.32 Å². The third-order valence-electron chi connectivity index (χ3n) is 1.48. The molecule has 0 unspecified atom stereocenters. The highest BCUT2D eigenvalue weighted by Crippen LogP contribution is 2.23. The van der Waals surface area contributed by atoms with Gasteiger partial charge in [0.25, 0.3) is 0 Å². The lowest BCUT2D eigenvalue weighted by Crippen LogP contribution is -2.08. The van der Waals surface area contributed by atoms with Gasteiger partial charge in [-0.2, -0.15) is 5.26 Å². The predicted octanol–water partition coefficient (Wildman–Crippen LogP) is 1.17. The van der Waals surface area contributed by atoms with Gasteiger partial charge in [-0.3, -0.25) is 0 Å². The van der Waals surface area contributed by atoms with Gasteiger partial charge >= 0.3 is 0 Å². The van der Waals surface area contributed by atoms with Gasteiger partial charge in [0, 0.05) is 0 Å². The molecule has 0 bridgehead atoms. The Hall–Kier alpha value is -0.970. The van der Waals surface area contributed by atoms with Gasteiger partial charge in [0.2, 0.25) is 0 Å². The molecule has 1 rings (SSSR count). The molecule has 0 radical (unpaired) electrons. The first-order chi connectivity index (χ1) is 4.43. The van der Waals surface area contributed by atoms with Crippen LogP contribution in [0.25, 0.3) is 0 Å². The van der Waals surface area contributed by atoms with Crippen molar-refractivity contribution in [3.63, 3.8) is 0 Å². The quantitative estimate of drug-likeness (QED) is 0.440. The summed E-state index contributed by atoms with van der Waals surface area (Å²) in [5.41, 5.74) is 1.45. The first-order valence-electron chi connectivity index (χ1n) is 3.22. The monoisotopic (exact) mass is 122 g/mol. The second-order valence-corrected chi connectivity index (χ2v) is 2.20. The summed E-state index contributed by atoms with van der Waals surface area (Å²) < 4.78 is 0. The Bertz CT molecular complexity index is 147. The molecule has 0 aromatic rings. The minimum atomic E-state index is 0.434. The van der Waals surface area contributed by atoms with Gasteiger partial charge in [-0.15, -0.1) is 0 Å². The average molecular weight is 122 g/mol. The number of allylic oxidation sites excluding steroid dienone is 1. The third kappa shape index (κ3) is 1.77. The van der Waals surface area contributed by atoms with Crippen LogP contribution in [0.3, 0.4) is 0 Å². The Morgan fingerprint density at radius 3 is 2.89 bits per heavy atom. The minimum Gasteiger partial charge on any atom is -0.378 e. The molecule has 2 nitrogen and oxygen atoms in total. The summed E-state index contributed by atoms with van der Waals surface area (Å²) in [4.78, 5) is 0. The van der Waals surface area contributed by atoms with Crippen molar-refractivity contribution in [3.8, 4) is 6.07 Å². The van der Waals surface area contributed by atoms with E-state index in [2.05, 4.69) is 5.32 Å². The summed E-state index contributed by atoms with van der Waals surface area (Å²) >= 11 is 0. The van der Waals surface area contributed by atoms with E-state index in [9.17, 15) is 0 Å². The molecule has 0 amide bonds. The Balaban J connectivity index is 2.09. The van der Waals surface area contributed by atoms with E-state index in [0.717, 1.165) is 0 Å². The zero-order valence-corrected chi connectivity index (χ0v) is 5.35. The fraction of sp³-hybridized carbons (Fsp3) is 0.571. The van der Waals surface area contributed by atoms with Crippen LogP contribution in [0.4, 0.5) is 0 Å². The molecule has 1 fully saturated rings. The van der Waals surface area contributed by atoms with Crippen LogP contribution in [-0.2, 0) is 0 Å². The average Bonchev–Trinajstić information content (AvgIpc) is 1.76. The van der Waals surface area contributed by atoms with Crippen molar-refractivity contribution in [3.05, 3.63) is 11.8 Å². The third-order valence-corrected chi connectivity index (χ3v) is 1.48. The molecule has 0 aliphatic heterocycles. The van der Waals surface area contributed by atoms with Crippen LogP contribution in [0.2, 0.25) is 0 Å². The second-order valence-electron chi connectivity index (χ2n) is 2.20. The van der Waals surface area contributed by atoms with Crippen molar-refractivity contribution in [2.75, 3.05) is 6.54 Å². The molecule has 1 aliphatic carbocycles. The van der Waals surface area contributed by atoms with Crippen LogP contribution in [-0.4, -0.2) is 6.54 Å². The van der Waals surface area contributed by atoms with Crippen LogP contribution in [0.5, 0.6) is 0 Å². The van der Waals surface area contributed by atoms with Gasteiger partial charge in [0.1, 0.15) is 6.54 Å². The molecular weight excluding hydrogens is 112 g/mol. The molecule has 1 aliphatic rings. The minimum absolute atomic E-state index is 0.434. The van der Waals surface area contributed by atoms with Gasteiger partial charge in [0.05, 0.1) is 6.07 Å². The standard InChI is InChI=1S/C7H10N2/c8-4-5-9-6-7-2-1-3-7/h6,9H,1-3,5H2. The predicted molar refractivity (Wildman–Crippen MR) is 35.5 cm³/mol. The highest BCUT2D eigenvalue weighted by Gasteiger charge is 2.06. The largest absolute Gasteiger partial charge is 0.378 e. The number of nitrogens with zero attached hydrogens (tertiary/aromatic N) is 1. The molecule has 2 heteroatoms. The van der Waals surface area contributed by atoms with Crippen LogP contribution < -0.4 is 5.32 Å². The molecule has 48 valence electrons. The molecule has 0 heterocycles. The highest BCUT2D eigenvalue weighted by atomic mass is 14.8. The number of rotatable bonds is 2. The van der Waals surface area contributed by atoms with Crippen molar-refractivity contribution in [2.24, 2.45) is 0 Å². The summed E-state index contributed by atoms with van der Waals surface area (Å²) in [6.07, 6.45) is 5.73. The second kappa shape index (κ2) is 3.13. The lowest BCUT2D eigenvalue weighted by atomic mass is 9.94. The summed E-state index contributed by atoms with van der Waals surface area (Å²) in [7, 11) is 0. The van der Waals surface area contributed by atoms with Gasteiger partial charge in [-0.05, 0) is 25.5 Å². The van der Waals surface area contributed by atoms with Gasteiger partial charge in [0.15, 0.2) is 0 Å². The van der Waals surface area contributed by atoms with Gasteiger partial charge in [-0.1, -0.05) is 5.57 Å². The lowest BCUT2D eigenvalue weighted by Gasteiger charge is -2.15. The fourth-order valence-corrected chi connectivity index (χ4v) is 0.766. The molecule has 0 spiro atoms. The van der Waals surface area contributed by atoms with Crippen molar-refractivity contribution in [2.45, 2.75) is 19.3 Å². The van der Waals surface area contributed by atoms with Crippen LogP contribution in [0.1, 0.15) is 19.3 Å². The molecule has 0 saturated heterocycles. The topological polar surface area (TPSA) is 35.8 Å². The Morgan fingerprint density at radius 2 is 2.44 bits per heavy atom. The smallest absolute Gasteiger partial charge is 0.102 e. The zero-order chi connectivity index (χ0) is 6.53. The van der Waals surface area contributed by atoms with E-state index in [1.807, 2.05) is 12.3 Å². The Labute approximate surface area is 55.2 Å². The van der Waals surface area contributed by atoms with E-state index in [0.29, 0.717) is 6.54 Å². The Morgan fingerprint density at radius 1 is 1.67 bits per heavy atom. The zero-order valence-electron chi connectivity index (χ0n) is 5.35. The number of hydrogen-bond donors (Lipinski definition) is 1. The first-order valence-corrected chi connectivity index (χ1v) is 3.22. The molecule has 1 N–H and O–H groups in total. The number of hydrogen-bond acceptors (Lipinski definition) is 2. The van der Waals surface area contributed by atoms with Crippen molar-refractivity contribution < 1.29 is 0 Å². The normalized spacial score (nSPS) is 15.7. The van der Waals surface area contributed by atoms with E-state index in [4.69, 9.17) is 5.26 Å². The van der Waals surface area contributed by atoms with Crippen LogP contribution >= 0.6 is 0 Å². The van der Waals surface area contributed by atoms with Crippen LogP contribution in [0, 0.1) is 11.3 Å². The van der Waals surface area contributed by atoms with Crippen LogP contribution in [0.15, 0.2) is 11.8 Å². The number of nitrogens with one attached hydrogen (secondary N) is 1. The summed E-state index contributed by atoms with van der Waals surface area (Å²) in [6, 6.07) is 2.02. The molecule has 0 aromatic heterocycles. The Kier molecular flexibility index (Phi) is 2.14. The molecule has 1 saturated carbocycles. The van der Waals surface area contributed by atoms with E-state index < -0.39 is 0 Å². The first kappa shape index (κ1) is 6.15. The number of nitriles is 1. The SMILES string of the molecule is N#CCNC=C1CCC1. The van der Waals surface area contributed by atoms with Gasteiger partial charge < -0.3 is 5.32 Å². The summed E-state index contributed by atoms with van der Waals surface area (Å²) in [6.45, 7) is 0.434. The van der Waals surface area contributed by atoms with E-state index in [1.165, 1.54) is 24.8 Å². The maximum Gasteiger partial charge on any atom is 0.102 e. The lowest BCUT2D eigenvalue weighted by molar-refractivity contribution is 0.651. The van der Waals surface area contributed by atoms with E-state index in [-0.39, 0.29) is 0 Å². The molecular formula is C7H10N2. The summed E-state index contributed by atoms with van der Waals surface area (Å²) in [5.74, 6) is 0. The van der Waals surface area contributed by atoms with Crippen molar-refractivity contribution in [1.29, 1.82) is 5.26 Å². The molecule has 9 heavy (non-hydrogen) atoms. The van der Waals surface area contributed by atoms with Gasteiger partial charge in [-0.25, -0.2) is 0 Å². The van der Waals surface area contributed by atoms with E-state index in [1.54, 1.807) is 0 Å². The van der Waals surface area contributed by atoms with Crippen molar-refractivity contribution >= 4 is 0 Å². The molecule has 0 aromatic carbocycles. The molecule has 0 atom stereocenters. The highest BCUT2D eigenvalue weighted by molar-refractivity contribution is 5.08. The maximum atomic E-state index is 8.13. The van der Waals surface area contributed by atoms with E-state index >= 15 is 0 Å². The fourth-order valence-electron chi connectivity index (χ4n) is 0.766. The summed E-state index contributed by atoms with van der Waals surface area (Å²) in [5, 5.41) is 11.0. The maximum absolute atomic E-state index is 8.13.